The standard InChI is InChI=1S/C17H28N2O/c1-17(18,14-20)10-5-6-11-19-12-9-16(13-19)15-7-3-2-4-8-15/h2-4,7-8,16,20H,5-6,9-14,18H2,1H3. The van der Waals surface area contributed by atoms with Gasteiger partial charge in [0.2, 0.25) is 0 Å². The monoisotopic (exact) mass is 276 g/mol. The van der Waals surface area contributed by atoms with Crippen LogP contribution in [0.4, 0.5) is 0 Å². The molecule has 3 nitrogen and oxygen atoms in total. The molecule has 1 aliphatic rings. The van der Waals surface area contributed by atoms with Gasteiger partial charge in [-0.05, 0) is 50.8 Å². The van der Waals surface area contributed by atoms with Gasteiger partial charge in [-0.1, -0.05) is 36.8 Å². The third-order valence-electron chi connectivity index (χ3n) is 4.38. The van der Waals surface area contributed by atoms with Gasteiger partial charge >= 0.3 is 0 Å². The van der Waals surface area contributed by atoms with Gasteiger partial charge in [0.25, 0.3) is 0 Å². The molecule has 2 rings (SSSR count). The Kier molecular flexibility index (Phi) is 5.58. The number of aliphatic hydroxyl groups is 1. The Morgan fingerprint density at radius 1 is 1.30 bits per heavy atom. The Balaban J connectivity index is 1.67. The second-order valence-electron chi connectivity index (χ2n) is 6.47. The summed E-state index contributed by atoms with van der Waals surface area (Å²) in [4.78, 5) is 2.56. The van der Waals surface area contributed by atoms with Gasteiger partial charge in [0.15, 0.2) is 0 Å². The number of unbranched alkanes of at least 4 members (excludes halogenated alkanes) is 1. The Bertz CT molecular complexity index is 391. The van der Waals surface area contributed by atoms with Crippen LogP contribution in [0.1, 0.15) is 44.1 Å². The molecule has 0 spiro atoms. The van der Waals surface area contributed by atoms with Gasteiger partial charge in [-0.3, -0.25) is 0 Å². The van der Waals surface area contributed by atoms with Gasteiger partial charge < -0.3 is 15.7 Å². The Morgan fingerprint density at radius 2 is 2.05 bits per heavy atom. The molecule has 1 aromatic rings. The summed E-state index contributed by atoms with van der Waals surface area (Å²) in [6, 6.07) is 10.8. The highest BCUT2D eigenvalue weighted by molar-refractivity contribution is 5.20. The van der Waals surface area contributed by atoms with Crippen molar-refractivity contribution in [3.8, 4) is 0 Å². The molecular formula is C17H28N2O. The molecule has 2 atom stereocenters. The topological polar surface area (TPSA) is 49.5 Å². The molecule has 0 radical (unpaired) electrons. The van der Waals surface area contributed by atoms with Gasteiger partial charge in [-0.15, -0.1) is 0 Å². The fraction of sp³-hybridized carbons (Fsp3) is 0.647. The van der Waals surface area contributed by atoms with Crippen molar-refractivity contribution in [3.05, 3.63) is 35.9 Å². The van der Waals surface area contributed by atoms with Crippen LogP contribution in [0.2, 0.25) is 0 Å². The Labute approximate surface area is 122 Å². The first-order chi connectivity index (χ1) is 9.61. The number of aliphatic hydroxyl groups excluding tert-OH is 1. The first-order valence-electron chi connectivity index (χ1n) is 7.78. The second-order valence-corrected chi connectivity index (χ2v) is 6.47. The molecule has 0 saturated carbocycles. The van der Waals surface area contributed by atoms with Crippen molar-refractivity contribution in [1.82, 2.24) is 4.90 Å². The molecule has 1 saturated heterocycles. The van der Waals surface area contributed by atoms with Crippen LogP contribution in [0, 0.1) is 0 Å². The lowest BCUT2D eigenvalue weighted by atomic mass is 9.97. The molecule has 1 aromatic carbocycles. The smallest absolute Gasteiger partial charge is 0.0608 e. The number of hydrogen-bond donors (Lipinski definition) is 2. The SMILES string of the molecule is CC(N)(CO)CCCCN1CCC(c2ccccc2)C1. The van der Waals surface area contributed by atoms with Crippen LogP contribution < -0.4 is 5.73 Å². The normalized spacial score (nSPS) is 22.9. The largest absolute Gasteiger partial charge is 0.394 e. The summed E-state index contributed by atoms with van der Waals surface area (Å²) in [6.45, 7) is 5.55. The molecule has 20 heavy (non-hydrogen) atoms. The predicted molar refractivity (Wildman–Crippen MR) is 83.8 cm³/mol. The van der Waals surface area contributed by atoms with Gasteiger partial charge in [0.05, 0.1) is 6.61 Å². The lowest BCUT2D eigenvalue weighted by Gasteiger charge is -2.22. The van der Waals surface area contributed by atoms with E-state index in [4.69, 9.17) is 10.8 Å². The van der Waals surface area contributed by atoms with Crippen molar-refractivity contribution >= 4 is 0 Å². The minimum atomic E-state index is -0.405. The number of likely N-dealkylation sites (tertiary alicyclic amines) is 1. The summed E-state index contributed by atoms with van der Waals surface area (Å²) in [5, 5.41) is 9.13. The van der Waals surface area contributed by atoms with Gasteiger partial charge in [-0.2, -0.15) is 0 Å². The van der Waals surface area contributed by atoms with Crippen molar-refractivity contribution in [2.75, 3.05) is 26.2 Å². The van der Waals surface area contributed by atoms with Crippen LogP contribution in [-0.2, 0) is 0 Å². The second kappa shape index (κ2) is 7.21. The van der Waals surface area contributed by atoms with Crippen LogP contribution in [0.15, 0.2) is 30.3 Å². The first kappa shape index (κ1) is 15.5. The van der Waals surface area contributed by atoms with Crippen molar-refractivity contribution in [3.63, 3.8) is 0 Å². The molecule has 0 bridgehead atoms. The van der Waals surface area contributed by atoms with Gasteiger partial charge in [0.1, 0.15) is 0 Å². The maximum absolute atomic E-state index is 9.13. The number of nitrogens with zero attached hydrogens (tertiary/aromatic N) is 1. The van der Waals surface area contributed by atoms with Gasteiger partial charge in [-0.25, -0.2) is 0 Å². The van der Waals surface area contributed by atoms with Gasteiger partial charge in [0, 0.05) is 12.1 Å². The first-order valence-corrected chi connectivity index (χ1v) is 7.78. The number of rotatable bonds is 7. The molecule has 0 aromatic heterocycles. The summed E-state index contributed by atoms with van der Waals surface area (Å²) in [6.07, 6.45) is 4.45. The third kappa shape index (κ3) is 4.58. The van der Waals surface area contributed by atoms with Crippen LogP contribution in [0.5, 0.6) is 0 Å². The highest BCUT2D eigenvalue weighted by Crippen LogP contribution is 2.27. The van der Waals surface area contributed by atoms with Crippen LogP contribution >= 0.6 is 0 Å². The van der Waals surface area contributed by atoms with Crippen molar-refractivity contribution in [2.24, 2.45) is 5.73 Å². The highest BCUT2D eigenvalue weighted by Gasteiger charge is 2.23. The number of nitrogens with two attached hydrogens (primary N) is 1. The molecular weight excluding hydrogens is 248 g/mol. The lowest BCUT2D eigenvalue weighted by Crippen LogP contribution is -2.40. The number of hydrogen-bond acceptors (Lipinski definition) is 3. The van der Waals surface area contributed by atoms with E-state index in [0.717, 1.165) is 19.4 Å². The van der Waals surface area contributed by atoms with E-state index in [2.05, 4.69) is 35.2 Å². The third-order valence-corrected chi connectivity index (χ3v) is 4.38. The fourth-order valence-corrected chi connectivity index (χ4v) is 2.98. The predicted octanol–water partition coefficient (Wildman–Crippen LogP) is 2.36. The maximum Gasteiger partial charge on any atom is 0.0608 e. The Morgan fingerprint density at radius 3 is 2.75 bits per heavy atom. The molecule has 2 unspecified atom stereocenters. The summed E-state index contributed by atoms with van der Waals surface area (Å²) >= 11 is 0. The maximum atomic E-state index is 9.13. The highest BCUT2D eigenvalue weighted by atomic mass is 16.3. The molecule has 1 fully saturated rings. The van der Waals surface area contributed by atoms with Crippen LogP contribution in [-0.4, -0.2) is 41.8 Å². The molecule has 3 N–H and O–H groups in total. The zero-order chi connectivity index (χ0) is 14.4. The molecule has 1 heterocycles. The van der Waals surface area contributed by atoms with E-state index in [-0.39, 0.29) is 6.61 Å². The average molecular weight is 276 g/mol. The fourth-order valence-electron chi connectivity index (χ4n) is 2.98. The van der Waals surface area contributed by atoms with Crippen molar-refractivity contribution in [2.45, 2.75) is 44.1 Å². The van der Waals surface area contributed by atoms with E-state index in [1.165, 1.54) is 31.5 Å². The summed E-state index contributed by atoms with van der Waals surface area (Å²) in [5.41, 5.74) is 7.02. The summed E-state index contributed by atoms with van der Waals surface area (Å²) in [5.74, 6) is 0.702. The van der Waals surface area contributed by atoms with E-state index in [1.807, 2.05) is 6.92 Å². The van der Waals surface area contributed by atoms with E-state index in [0.29, 0.717) is 5.92 Å². The summed E-state index contributed by atoms with van der Waals surface area (Å²) in [7, 11) is 0. The van der Waals surface area contributed by atoms with E-state index in [9.17, 15) is 0 Å². The molecule has 112 valence electrons. The Hall–Kier alpha value is -0.900. The average Bonchev–Trinajstić information content (AvgIpc) is 2.93. The zero-order valence-corrected chi connectivity index (χ0v) is 12.6. The molecule has 0 aliphatic carbocycles. The molecule has 1 aliphatic heterocycles. The number of benzene rings is 1. The van der Waals surface area contributed by atoms with E-state index < -0.39 is 5.54 Å². The van der Waals surface area contributed by atoms with E-state index in [1.54, 1.807) is 0 Å². The van der Waals surface area contributed by atoms with Crippen molar-refractivity contribution < 1.29 is 5.11 Å². The minimum Gasteiger partial charge on any atom is -0.394 e. The molecule has 0 amide bonds. The minimum absolute atomic E-state index is 0.0762. The van der Waals surface area contributed by atoms with Crippen molar-refractivity contribution in [1.29, 1.82) is 0 Å². The summed E-state index contributed by atoms with van der Waals surface area (Å²) < 4.78 is 0. The lowest BCUT2D eigenvalue weighted by molar-refractivity contribution is 0.195. The van der Waals surface area contributed by atoms with E-state index >= 15 is 0 Å². The van der Waals surface area contributed by atoms with Crippen LogP contribution in [0.25, 0.3) is 0 Å². The quantitative estimate of drug-likeness (QED) is 0.752. The van der Waals surface area contributed by atoms with Crippen LogP contribution in [0.3, 0.4) is 0 Å². The molecule has 3 heteroatoms. The zero-order valence-electron chi connectivity index (χ0n) is 12.6.